The van der Waals surface area contributed by atoms with Gasteiger partial charge in [0.15, 0.2) is 5.58 Å². The number of aromatic nitrogens is 1. The van der Waals surface area contributed by atoms with E-state index in [4.69, 9.17) is 4.42 Å². The number of amides is 1. The van der Waals surface area contributed by atoms with Gasteiger partial charge in [-0.1, -0.05) is 36.0 Å². The quantitative estimate of drug-likeness (QED) is 0.657. The van der Waals surface area contributed by atoms with E-state index in [1.807, 2.05) is 36.4 Å². The number of nitrogens with zero attached hydrogens (tertiary/aromatic N) is 1. The van der Waals surface area contributed by atoms with Gasteiger partial charge in [0.25, 0.3) is 5.22 Å². The molecule has 1 aliphatic rings. The Bertz CT molecular complexity index is 852. The van der Waals surface area contributed by atoms with Crippen LogP contribution in [0.15, 0.2) is 58.2 Å². The number of hydrogen-bond acceptors (Lipinski definition) is 4. The third kappa shape index (κ3) is 4.26. The highest BCUT2D eigenvalue weighted by molar-refractivity contribution is 7.99. The van der Waals surface area contributed by atoms with Crippen molar-refractivity contribution in [2.24, 2.45) is 0 Å². The first-order valence-electron chi connectivity index (χ1n) is 8.97. The van der Waals surface area contributed by atoms with Crippen LogP contribution in [0, 0.1) is 0 Å². The number of fused-ring (bicyclic) bond motifs is 1. The van der Waals surface area contributed by atoms with E-state index in [0.717, 1.165) is 23.3 Å². The van der Waals surface area contributed by atoms with Gasteiger partial charge in [0.1, 0.15) is 12.1 Å². The Hall–Kier alpha value is -2.31. The normalized spacial score (nSPS) is 14.8. The molecule has 3 aromatic rings. The summed E-state index contributed by atoms with van der Waals surface area (Å²) in [5, 5.41) is 3.45. The monoisotopic (exact) mass is 368 g/mol. The van der Waals surface area contributed by atoms with E-state index in [1.54, 1.807) is 4.90 Å². The van der Waals surface area contributed by atoms with Gasteiger partial charge in [-0.3, -0.25) is 4.79 Å². The van der Waals surface area contributed by atoms with E-state index in [0.29, 0.717) is 5.22 Å². The first kappa shape index (κ1) is 17.1. The largest absolute Gasteiger partial charge is 0.431 e. The molecular formula is C20H22N3O2S+. The lowest BCUT2D eigenvalue weighted by Gasteiger charge is -2.12. The van der Waals surface area contributed by atoms with Crippen molar-refractivity contribution in [2.75, 3.05) is 24.2 Å². The van der Waals surface area contributed by atoms with Crippen molar-refractivity contribution in [3.63, 3.8) is 0 Å². The number of oxazole rings is 1. The third-order valence-corrected chi connectivity index (χ3v) is 5.43. The lowest BCUT2D eigenvalue weighted by atomic mass is 10.2. The Labute approximate surface area is 156 Å². The van der Waals surface area contributed by atoms with Crippen LogP contribution >= 0.6 is 11.8 Å². The molecule has 134 valence electrons. The maximum Gasteiger partial charge on any atom is 0.257 e. The number of carbonyl (C=O) groups is 1. The summed E-state index contributed by atoms with van der Waals surface area (Å²) in [6, 6.07) is 15.8. The summed E-state index contributed by atoms with van der Waals surface area (Å²) in [4.78, 5) is 18.2. The molecule has 1 aromatic heterocycles. The van der Waals surface area contributed by atoms with Gasteiger partial charge in [0, 0.05) is 24.1 Å². The number of benzene rings is 2. The number of para-hydroxylation sites is 2. The molecule has 1 saturated heterocycles. The smallest absolute Gasteiger partial charge is 0.257 e. The molecule has 1 aliphatic heterocycles. The van der Waals surface area contributed by atoms with E-state index in [2.05, 4.69) is 22.4 Å². The SMILES string of the molecule is O=C(CSc1nc2ccccc2o1)Nc1ccc(C[NH+]2CCCC2)cc1. The standard InChI is InChI=1S/C20H21N3O2S/c24-19(14-26-20-22-17-5-1-2-6-18(17)25-20)21-16-9-7-15(8-10-16)13-23-11-3-4-12-23/h1-2,5-10H,3-4,11-14H2,(H,21,24)/p+1. The lowest BCUT2D eigenvalue weighted by molar-refractivity contribution is -0.901. The molecular weight excluding hydrogens is 346 g/mol. The molecule has 0 spiro atoms. The van der Waals surface area contributed by atoms with Crippen LogP contribution in [0.5, 0.6) is 0 Å². The fraction of sp³-hybridized carbons (Fsp3) is 0.300. The minimum atomic E-state index is -0.0600. The summed E-state index contributed by atoms with van der Waals surface area (Å²) < 4.78 is 5.62. The van der Waals surface area contributed by atoms with Crippen molar-refractivity contribution >= 4 is 34.5 Å². The van der Waals surface area contributed by atoms with Crippen molar-refractivity contribution in [3.05, 3.63) is 54.1 Å². The average molecular weight is 368 g/mol. The molecule has 0 bridgehead atoms. The molecule has 0 saturated carbocycles. The van der Waals surface area contributed by atoms with Gasteiger partial charge in [-0.15, -0.1) is 0 Å². The van der Waals surface area contributed by atoms with Crippen LogP contribution in [0.3, 0.4) is 0 Å². The van der Waals surface area contributed by atoms with Gasteiger partial charge in [-0.25, -0.2) is 4.98 Å². The minimum absolute atomic E-state index is 0.0600. The van der Waals surface area contributed by atoms with Gasteiger partial charge in [0.05, 0.1) is 18.8 Å². The molecule has 26 heavy (non-hydrogen) atoms. The van der Waals surface area contributed by atoms with Crippen LogP contribution in [0.1, 0.15) is 18.4 Å². The van der Waals surface area contributed by atoms with E-state index in [1.165, 1.54) is 43.3 Å². The second-order valence-corrected chi connectivity index (χ2v) is 7.54. The number of nitrogens with one attached hydrogen (secondary N) is 2. The van der Waals surface area contributed by atoms with E-state index in [9.17, 15) is 4.79 Å². The molecule has 1 amide bonds. The van der Waals surface area contributed by atoms with Crippen LogP contribution in [-0.2, 0) is 11.3 Å². The summed E-state index contributed by atoms with van der Waals surface area (Å²) in [5.74, 6) is 0.210. The number of carbonyl (C=O) groups excluding carboxylic acids is 1. The highest BCUT2D eigenvalue weighted by Crippen LogP contribution is 2.23. The number of thioether (sulfide) groups is 1. The van der Waals surface area contributed by atoms with Crippen molar-refractivity contribution in [1.29, 1.82) is 0 Å². The zero-order chi connectivity index (χ0) is 17.8. The number of anilines is 1. The topological polar surface area (TPSA) is 59.6 Å². The van der Waals surface area contributed by atoms with Crippen LogP contribution in [0.4, 0.5) is 5.69 Å². The van der Waals surface area contributed by atoms with Crippen molar-refractivity contribution in [2.45, 2.75) is 24.6 Å². The molecule has 0 unspecified atom stereocenters. The predicted molar refractivity (Wildman–Crippen MR) is 103 cm³/mol. The molecule has 2 N–H and O–H groups in total. The summed E-state index contributed by atoms with van der Waals surface area (Å²) in [6.45, 7) is 3.61. The lowest BCUT2D eigenvalue weighted by Crippen LogP contribution is -3.08. The second-order valence-electron chi connectivity index (χ2n) is 6.62. The third-order valence-electron chi connectivity index (χ3n) is 4.60. The zero-order valence-electron chi connectivity index (χ0n) is 14.5. The van der Waals surface area contributed by atoms with Crippen LogP contribution < -0.4 is 10.2 Å². The molecule has 2 aromatic carbocycles. The molecule has 0 atom stereocenters. The maximum atomic E-state index is 12.2. The highest BCUT2D eigenvalue weighted by atomic mass is 32.2. The predicted octanol–water partition coefficient (Wildman–Crippen LogP) is 2.74. The van der Waals surface area contributed by atoms with Gasteiger partial charge in [-0.05, 0) is 24.3 Å². The molecule has 2 heterocycles. The van der Waals surface area contributed by atoms with Crippen LogP contribution in [0.2, 0.25) is 0 Å². The molecule has 4 rings (SSSR count). The van der Waals surface area contributed by atoms with Crippen molar-refractivity contribution in [1.82, 2.24) is 4.98 Å². The first-order valence-corrected chi connectivity index (χ1v) is 9.95. The highest BCUT2D eigenvalue weighted by Gasteiger charge is 2.15. The van der Waals surface area contributed by atoms with Gasteiger partial charge >= 0.3 is 0 Å². The van der Waals surface area contributed by atoms with Crippen molar-refractivity contribution < 1.29 is 14.1 Å². The Morgan fingerprint density at radius 3 is 2.65 bits per heavy atom. The van der Waals surface area contributed by atoms with E-state index < -0.39 is 0 Å². The molecule has 1 fully saturated rings. The zero-order valence-corrected chi connectivity index (χ0v) is 15.3. The Morgan fingerprint density at radius 1 is 1.12 bits per heavy atom. The number of quaternary nitrogens is 1. The van der Waals surface area contributed by atoms with E-state index in [-0.39, 0.29) is 11.7 Å². The molecule has 0 radical (unpaired) electrons. The number of likely N-dealkylation sites (tertiary alicyclic amines) is 1. The Morgan fingerprint density at radius 2 is 1.88 bits per heavy atom. The number of hydrogen-bond donors (Lipinski definition) is 2. The van der Waals surface area contributed by atoms with Crippen LogP contribution in [-0.4, -0.2) is 29.7 Å². The first-order chi connectivity index (χ1) is 12.8. The summed E-state index contributed by atoms with van der Waals surface area (Å²) in [7, 11) is 0. The summed E-state index contributed by atoms with van der Waals surface area (Å²) in [6.07, 6.45) is 2.67. The Balaban J connectivity index is 1.28. The number of rotatable bonds is 6. The summed E-state index contributed by atoms with van der Waals surface area (Å²) in [5.41, 5.74) is 3.70. The van der Waals surface area contributed by atoms with Crippen LogP contribution in [0.25, 0.3) is 11.1 Å². The summed E-state index contributed by atoms with van der Waals surface area (Å²) >= 11 is 1.30. The van der Waals surface area contributed by atoms with Gasteiger partial charge in [-0.2, -0.15) is 0 Å². The van der Waals surface area contributed by atoms with Crippen molar-refractivity contribution in [3.8, 4) is 0 Å². The fourth-order valence-electron chi connectivity index (χ4n) is 3.28. The second kappa shape index (κ2) is 7.93. The van der Waals surface area contributed by atoms with Gasteiger partial charge in [0.2, 0.25) is 5.91 Å². The molecule has 5 nitrogen and oxygen atoms in total. The van der Waals surface area contributed by atoms with E-state index >= 15 is 0 Å². The molecule has 0 aliphatic carbocycles. The fourth-order valence-corrected chi connectivity index (χ4v) is 3.92. The van der Waals surface area contributed by atoms with Gasteiger partial charge < -0.3 is 14.6 Å². The Kier molecular flexibility index (Phi) is 5.22. The average Bonchev–Trinajstić information content (AvgIpc) is 3.30. The maximum absolute atomic E-state index is 12.2. The molecule has 6 heteroatoms. The minimum Gasteiger partial charge on any atom is -0.431 e.